The van der Waals surface area contributed by atoms with Crippen molar-refractivity contribution in [1.82, 2.24) is 5.32 Å². The molecule has 2 unspecified atom stereocenters. The Morgan fingerprint density at radius 2 is 0.797 bits per heavy atom. The van der Waals surface area contributed by atoms with Crippen molar-refractivity contribution in [2.24, 2.45) is 0 Å². The number of nitrogens with one attached hydrogen (secondary N) is 1. The highest BCUT2D eigenvalue weighted by atomic mass is 16.5. The Bertz CT molecular complexity index is 920. The number of aliphatic hydroxyl groups is 2. The van der Waals surface area contributed by atoms with Crippen LogP contribution in [0, 0.1) is 0 Å². The molecule has 0 heterocycles. The van der Waals surface area contributed by atoms with Gasteiger partial charge in [-0.2, -0.15) is 0 Å². The number of unbranched alkanes of at least 4 members (excludes halogenated alkanes) is 35. The van der Waals surface area contributed by atoms with Gasteiger partial charge in [0.1, 0.15) is 0 Å². The van der Waals surface area contributed by atoms with Crippen molar-refractivity contribution in [2.75, 3.05) is 13.2 Å². The number of ether oxygens (including phenoxy) is 1. The monoisotopic (exact) mass is 832 g/mol. The molecular formula is C53H101NO5. The molecule has 0 bridgehead atoms. The number of allylic oxidation sites excluding steroid dienone is 3. The average molecular weight is 832 g/mol. The summed E-state index contributed by atoms with van der Waals surface area (Å²) in [6, 6.07) is -0.633. The molecule has 0 aromatic heterocycles. The molecule has 6 heteroatoms. The van der Waals surface area contributed by atoms with Gasteiger partial charge in [0, 0.05) is 12.8 Å². The number of carbonyl (C=O) groups excluding carboxylic acids is 2. The fourth-order valence-electron chi connectivity index (χ4n) is 7.92. The van der Waals surface area contributed by atoms with E-state index in [0.29, 0.717) is 19.4 Å². The molecule has 59 heavy (non-hydrogen) atoms. The second-order valence-electron chi connectivity index (χ2n) is 17.9. The van der Waals surface area contributed by atoms with Gasteiger partial charge >= 0.3 is 5.97 Å². The maximum atomic E-state index is 12.4. The lowest BCUT2D eigenvalue weighted by Gasteiger charge is -2.20. The molecule has 348 valence electrons. The third-order valence-corrected chi connectivity index (χ3v) is 12.0. The number of hydrogen-bond acceptors (Lipinski definition) is 5. The Labute approximate surface area is 367 Å². The van der Waals surface area contributed by atoms with Crippen molar-refractivity contribution in [3.05, 3.63) is 24.3 Å². The van der Waals surface area contributed by atoms with Crippen molar-refractivity contribution in [2.45, 2.75) is 289 Å². The van der Waals surface area contributed by atoms with Crippen molar-refractivity contribution in [3.63, 3.8) is 0 Å². The third kappa shape index (κ3) is 45.7. The van der Waals surface area contributed by atoms with E-state index in [1.54, 1.807) is 6.08 Å². The minimum absolute atomic E-state index is 0.00340. The van der Waals surface area contributed by atoms with Gasteiger partial charge in [-0.15, -0.1) is 0 Å². The first-order valence-corrected chi connectivity index (χ1v) is 26.1. The van der Waals surface area contributed by atoms with Crippen molar-refractivity contribution in [1.29, 1.82) is 0 Å². The average Bonchev–Trinajstić information content (AvgIpc) is 3.24. The van der Waals surface area contributed by atoms with E-state index in [1.807, 2.05) is 6.08 Å². The maximum absolute atomic E-state index is 12.4. The first kappa shape index (κ1) is 57.3. The molecule has 0 rings (SSSR count). The standard InChI is InChI=1S/C53H101NO5/c1-3-5-7-9-11-13-15-27-31-35-39-43-47-53(58)59-48-44-40-36-32-28-24-22-20-18-16-17-19-21-23-26-30-34-38-42-46-52(57)54-50(49-55)51(56)45-41-37-33-29-25-14-12-10-8-6-4-2/h16-17,41,45,50-51,55-56H,3-15,18-40,42-44,46-49H2,1-2H3,(H,54,57)/b17-16-,45-41+. The molecule has 0 fully saturated rings. The van der Waals surface area contributed by atoms with Crippen molar-refractivity contribution >= 4 is 11.9 Å². The van der Waals surface area contributed by atoms with Crippen LogP contribution in [0.5, 0.6) is 0 Å². The van der Waals surface area contributed by atoms with E-state index in [9.17, 15) is 19.8 Å². The van der Waals surface area contributed by atoms with Crippen LogP contribution in [0.15, 0.2) is 24.3 Å². The highest BCUT2D eigenvalue weighted by Crippen LogP contribution is 2.15. The predicted molar refractivity (Wildman–Crippen MR) is 255 cm³/mol. The van der Waals surface area contributed by atoms with Crippen LogP contribution < -0.4 is 5.32 Å². The molecule has 0 aromatic carbocycles. The molecule has 0 saturated carbocycles. The second-order valence-corrected chi connectivity index (χ2v) is 17.9. The second kappa shape index (κ2) is 49.0. The Balaban J connectivity index is 3.45. The fraction of sp³-hybridized carbons (Fsp3) is 0.887. The van der Waals surface area contributed by atoms with Gasteiger partial charge in [-0.05, 0) is 57.8 Å². The lowest BCUT2D eigenvalue weighted by atomic mass is 10.0. The molecule has 2 atom stereocenters. The Hall–Kier alpha value is -1.66. The highest BCUT2D eigenvalue weighted by molar-refractivity contribution is 5.76. The lowest BCUT2D eigenvalue weighted by Crippen LogP contribution is -2.45. The summed E-state index contributed by atoms with van der Waals surface area (Å²) in [5.41, 5.74) is 0. The highest BCUT2D eigenvalue weighted by Gasteiger charge is 2.18. The summed E-state index contributed by atoms with van der Waals surface area (Å²) in [5.74, 6) is -0.0756. The van der Waals surface area contributed by atoms with E-state index in [4.69, 9.17) is 4.74 Å². The third-order valence-electron chi connectivity index (χ3n) is 12.0. The summed E-state index contributed by atoms with van der Waals surface area (Å²) in [6.45, 7) is 4.87. The topological polar surface area (TPSA) is 95.9 Å². The van der Waals surface area contributed by atoms with Gasteiger partial charge in [0.2, 0.25) is 5.91 Å². The zero-order valence-electron chi connectivity index (χ0n) is 39.5. The van der Waals surface area contributed by atoms with Crippen molar-refractivity contribution < 1.29 is 24.5 Å². The molecule has 0 radical (unpaired) electrons. The van der Waals surface area contributed by atoms with Gasteiger partial charge in [0.25, 0.3) is 0 Å². The number of aliphatic hydroxyl groups excluding tert-OH is 2. The van der Waals surface area contributed by atoms with Gasteiger partial charge in [-0.1, -0.05) is 231 Å². The Morgan fingerprint density at radius 3 is 1.20 bits per heavy atom. The Kier molecular flexibility index (Phi) is 47.6. The number of amides is 1. The molecule has 6 nitrogen and oxygen atoms in total. The quantitative estimate of drug-likeness (QED) is 0.0322. The van der Waals surface area contributed by atoms with Gasteiger partial charge < -0.3 is 20.3 Å². The van der Waals surface area contributed by atoms with E-state index < -0.39 is 12.1 Å². The number of hydrogen-bond donors (Lipinski definition) is 3. The van der Waals surface area contributed by atoms with Gasteiger partial charge in [0.15, 0.2) is 0 Å². The molecule has 0 saturated heterocycles. The Morgan fingerprint density at radius 1 is 0.458 bits per heavy atom. The summed E-state index contributed by atoms with van der Waals surface area (Å²) >= 11 is 0. The van der Waals surface area contributed by atoms with Crippen LogP contribution in [0.25, 0.3) is 0 Å². The lowest BCUT2D eigenvalue weighted by molar-refractivity contribution is -0.143. The predicted octanol–water partition coefficient (Wildman–Crippen LogP) is 15.5. The maximum Gasteiger partial charge on any atom is 0.305 e. The number of carbonyl (C=O) groups is 2. The molecule has 0 aliphatic heterocycles. The zero-order valence-corrected chi connectivity index (χ0v) is 39.5. The van der Waals surface area contributed by atoms with E-state index in [2.05, 4.69) is 31.3 Å². The molecule has 1 amide bonds. The number of rotatable bonds is 48. The van der Waals surface area contributed by atoms with Crippen LogP contribution in [0.1, 0.15) is 277 Å². The van der Waals surface area contributed by atoms with E-state index in [0.717, 1.165) is 51.4 Å². The zero-order chi connectivity index (χ0) is 43.0. The normalized spacial score (nSPS) is 12.8. The summed E-state index contributed by atoms with van der Waals surface area (Å²) < 4.78 is 5.46. The van der Waals surface area contributed by atoms with Gasteiger partial charge in [0.05, 0.1) is 25.4 Å². The van der Waals surface area contributed by atoms with E-state index in [-0.39, 0.29) is 18.5 Å². The van der Waals surface area contributed by atoms with Crippen molar-refractivity contribution in [3.8, 4) is 0 Å². The van der Waals surface area contributed by atoms with E-state index in [1.165, 1.54) is 199 Å². The number of esters is 1. The first-order chi connectivity index (χ1) is 29.0. The summed E-state index contributed by atoms with van der Waals surface area (Å²) in [4.78, 5) is 24.4. The molecule has 0 aromatic rings. The molecule has 3 N–H and O–H groups in total. The minimum Gasteiger partial charge on any atom is -0.466 e. The molecule has 0 spiro atoms. The molecular weight excluding hydrogens is 731 g/mol. The van der Waals surface area contributed by atoms with Crippen LogP contribution >= 0.6 is 0 Å². The van der Waals surface area contributed by atoms with Crippen LogP contribution in [-0.2, 0) is 14.3 Å². The van der Waals surface area contributed by atoms with Crippen LogP contribution in [0.3, 0.4) is 0 Å². The summed E-state index contributed by atoms with van der Waals surface area (Å²) in [5, 5.41) is 23.0. The smallest absolute Gasteiger partial charge is 0.305 e. The summed E-state index contributed by atoms with van der Waals surface area (Å²) in [6.07, 6.45) is 57.5. The van der Waals surface area contributed by atoms with Crippen LogP contribution in [0.4, 0.5) is 0 Å². The molecule has 0 aliphatic carbocycles. The van der Waals surface area contributed by atoms with Gasteiger partial charge in [-0.25, -0.2) is 0 Å². The minimum atomic E-state index is -0.848. The fourth-order valence-corrected chi connectivity index (χ4v) is 7.92. The summed E-state index contributed by atoms with van der Waals surface area (Å²) in [7, 11) is 0. The molecule has 0 aliphatic rings. The van der Waals surface area contributed by atoms with E-state index >= 15 is 0 Å². The van der Waals surface area contributed by atoms with Crippen LogP contribution in [0.2, 0.25) is 0 Å². The van der Waals surface area contributed by atoms with Gasteiger partial charge in [-0.3, -0.25) is 9.59 Å². The largest absolute Gasteiger partial charge is 0.466 e. The first-order valence-electron chi connectivity index (χ1n) is 26.1. The van der Waals surface area contributed by atoms with Crippen LogP contribution in [-0.4, -0.2) is 47.4 Å². The SMILES string of the molecule is CCCCCCCCCCC/C=C/C(O)C(CO)NC(=O)CCCCCCCCC/C=C\CCCCCCCCCCOC(=O)CCCCCCCCCCCCCC.